The summed E-state index contributed by atoms with van der Waals surface area (Å²) in [5.41, 5.74) is -1.27. The van der Waals surface area contributed by atoms with E-state index in [9.17, 15) is 27.6 Å². The van der Waals surface area contributed by atoms with Crippen molar-refractivity contribution in [2.75, 3.05) is 61.0 Å². The Morgan fingerprint density at radius 1 is 1.04 bits per heavy atom. The molecule has 13 nitrogen and oxygen atoms in total. The molecule has 50 heavy (non-hydrogen) atoms. The van der Waals surface area contributed by atoms with Crippen molar-refractivity contribution in [2.45, 2.75) is 83.7 Å². The molecule has 272 valence electrons. The smallest absolute Gasteiger partial charge is 0.416 e. The van der Waals surface area contributed by atoms with E-state index in [0.717, 1.165) is 50.5 Å². The molecular formula is C33H42ClF3N8O5. The monoisotopic (exact) mass is 722 g/mol. The van der Waals surface area contributed by atoms with Crippen LogP contribution in [0, 0.1) is 0 Å². The Labute approximate surface area is 292 Å². The van der Waals surface area contributed by atoms with Gasteiger partial charge in [-0.15, -0.1) is 5.10 Å². The summed E-state index contributed by atoms with van der Waals surface area (Å²) in [4.78, 5) is 50.8. The van der Waals surface area contributed by atoms with E-state index in [1.54, 1.807) is 30.2 Å². The van der Waals surface area contributed by atoms with E-state index < -0.39 is 34.9 Å². The van der Waals surface area contributed by atoms with E-state index in [2.05, 4.69) is 10.4 Å². The predicted molar refractivity (Wildman–Crippen MR) is 181 cm³/mol. The largest absolute Gasteiger partial charge is 0.444 e. The maximum Gasteiger partial charge on any atom is 0.416 e. The second-order valence-electron chi connectivity index (χ2n) is 14.0. The van der Waals surface area contributed by atoms with Gasteiger partial charge in [0.2, 0.25) is 17.6 Å². The number of ether oxygens (including phenoxy) is 2. The van der Waals surface area contributed by atoms with E-state index in [-0.39, 0.29) is 28.6 Å². The molecule has 3 aliphatic heterocycles. The number of carbonyl (C=O) groups excluding carboxylic acids is 2. The van der Waals surface area contributed by atoms with Gasteiger partial charge in [0.15, 0.2) is 0 Å². The van der Waals surface area contributed by atoms with Crippen molar-refractivity contribution in [3.05, 3.63) is 44.8 Å². The van der Waals surface area contributed by atoms with Crippen LogP contribution in [0.3, 0.4) is 0 Å². The maximum atomic E-state index is 14.2. The van der Waals surface area contributed by atoms with Gasteiger partial charge in [-0.05, 0) is 71.1 Å². The van der Waals surface area contributed by atoms with Crippen LogP contribution >= 0.6 is 11.6 Å². The summed E-state index contributed by atoms with van der Waals surface area (Å²) in [6.07, 6.45) is -1.05. The van der Waals surface area contributed by atoms with Gasteiger partial charge in [-0.3, -0.25) is 9.59 Å². The van der Waals surface area contributed by atoms with Crippen LogP contribution in [0.1, 0.15) is 64.6 Å². The number of piperidine rings is 1. The second kappa shape index (κ2) is 13.6. The molecule has 3 aliphatic rings. The highest BCUT2D eigenvalue weighted by Gasteiger charge is 2.39. The number of alkyl halides is 3. The maximum absolute atomic E-state index is 14.2. The molecule has 2 amide bonds. The first-order valence-corrected chi connectivity index (χ1v) is 17.3. The summed E-state index contributed by atoms with van der Waals surface area (Å²) in [6.45, 7) is 10.2. The topological polar surface area (TPSA) is 127 Å². The first-order valence-electron chi connectivity index (χ1n) is 16.9. The van der Waals surface area contributed by atoms with Crippen LogP contribution in [-0.2, 0) is 33.4 Å². The van der Waals surface area contributed by atoms with Crippen molar-refractivity contribution in [3.63, 3.8) is 0 Å². The normalized spacial score (nSPS) is 18.3. The van der Waals surface area contributed by atoms with Gasteiger partial charge in [-0.1, -0.05) is 18.5 Å². The number of fused-ring (bicyclic) bond motifs is 1. The van der Waals surface area contributed by atoms with Gasteiger partial charge in [0.05, 0.1) is 27.6 Å². The molecule has 1 spiro atoms. The lowest BCUT2D eigenvalue weighted by Crippen LogP contribution is -2.51. The van der Waals surface area contributed by atoms with Gasteiger partial charge in [0, 0.05) is 45.9 Å². The lowest BCUT2D eigenvalue weighted by Gasteiger charge is -2.38. The summed E-state index contributed by atoms with van der Waals surface area (Å²) >= 11 is 6.14. The average molecular weight is 723 g/mol. The molecule has 2 aromatic heterocycles. The van der Waals surface area contributed by atoms with E-state index in [0.29, 0.717) is 63.0 Å². The lowest BCUT2D eigenvalue weighted by atomic mass is 9.89. The fraction of sp³-hybridized carbons (Fsp3) is 0.606. The number of halogens is 4. The Balaban J connectivity index is 1.33. The van der Waals surface area contributed by atoms with Crippen molar-refractivity contribution < 1.29 is 32.2 Å². The second-order valence-corrected chi connectivity index (χ2v) is 14.4. The number of nitrogens with one attached hydrogen (secondary N) is 1. The molecule has 5 heterocycles. The van der Waals surface area contributed by atoms with Crippen molar-refractivity contribution in [3.8, 4) is 0 Å². The third kappa shape index (κ3) is 7.36. The number of hydrogen-bond donors (Lipinski definition) is 1. The number of anilines is 3. The molecule has 1 aromatic carbocycles. The third-order valence-electron chi connectivity index (χ3n) is 9.41. The molecule has 0 aliphatic carbocycles. The summed E-state index contributed by atoms with van der Waals surface area (Å²) in [5, 5.41) is 6.99. The number of benzene rings is 1. The fourth-order valence-corrected chi connectivity index (χ4v) is 7.11. The molecule has 0 atom stereocenters. The summed E-state index contributed by atoms with van der Waals surface area (Å²) < 4.78 is 54.1. The fourth-order valence-electron chi connectivity index (χ4n) is 6.88. The summed E-state index contributed by atoms with van der Waals surface area (Å²) in [6, 6.07) is 2.70. The number of piperazine rings is 1. The van der Waals surface area contributed by atoms with Gasteiger partial charge in [-0.25, -0.2) is 4.79 Å². The predicted octanol–water partition coefficient (Wildman–Crippen LogP) is 4.97. The zero-order valence-corrected chi connectivity index (χ0v) is 29.4. The first-order chi connectivity index (χ1) is 23.6. The van der Waals surface area contributed by atoms with E-state index in [1.807, 2.05) is 16.7 Å². The van der Waals surface area contributed by atoms with Crippen LogP contribution in [0.4, 0.5) is 35.3 Å². The summed E-state index contributed by atoms with van der Waals surface area (Å²) in [5.74, 6) is -0.0802. The average Bonchev–Trinajstić information content (AvgIpc) is 3.70. The highest BCUT2D eigenvalue weighted by molar-refractivity contribution is 6.33. The van der Waals surface area contributed by atoms with Gasteiger partial charge in [0.1, 0.15) is 17.8 Å². The van der Waals surface area contributed by atoms with Gasteiger partial charge in [-0.2, -0.15) is 22.7 Å². The molecule has 6 rings (SSSR count). The molecule has 0 bridgehead atoms. The first kappa shape index (κ1) is 35.8. The molecule has 3 fully saturated rings. The molecule has 0 radical (unpaired) electrons. The molecule has 0 saturated carbocycles. The Morgan fingerprint density at radius 3 is 2.32 bits per heavy atom. The molecular weight excluding hydrogens is 681 g/mol. The van der Waals surface area contributed by atoms with E-state index >= 15 is 0 Å². The Hall–Kier alpha value is -4.05. The molecule has 1 N–H and O–H groups in total. The molecule has 17 heteroatoms. The van der Waals surface area contributed by atoms with Gasteiger partial charge in [0.25, 0.3) is 5.56 Å². The van der Waals surface area contributed by atoms with Crippen LogP contribution in [-0.4, -0.2) is 93.1 Å². The standard InChI is InChI=1S/C33H42ClF3N8O5/c1-5-24-26(41-14-16-43(17-15-41)30(48)50-31(2,3)4)27(47)45-29(39-28(40-45)42-12-10-32(11-13-42)9-6-18-49-32)44(24)20-25(46)38-23-8-7-21(19-22(23)34)33(35,36)37/h7-8,19H,5-6,9-18,20H2,1-4H3,(H,38,46). The number of amides is 2. The summed E-state index contributed by atoms with van der Waals surface area (Å²) in [7, 11) is 0. The van der Waals surface area contributed by atoms with Crippen molar-refractivity contribution in [1.82, 2.24) is 24.1 Å². The Kier molecular flexibility index (Phi) is 9.72. The number of carbonyl (C=O) groups is 2. The van der Waals surface area contributed by atoms with E-state index in [1.165, 1.54) is 4.52 Å². The van der Waals surface area contributed by atoms with Crippen LogP contribution in [0.2, 0.25) is 5.02 Å². The minimum absolute atomic E-state index is 0.0109. The molecule has 3 aromatic rings. The van der Waals surface area contributed by atoms with Gasteiger partial charge < -0.3 is 34.1 Å². The SMILES string of the molecule is CCc1c(N2CCN(C(=O)OC(C)(C)C)CC2)c(=O)n2nc(N3CCC4(CCCO4)CC3)nc2n1CC(=O)Nc1ccc(C(F)(F)F)cc1Cl. The highest BCUT2D eigenvalue weighted by atomic mass is 35.5. The van der Waals surface area contributed by atoms with Crippen LogP contribution in [0.25, 0.3) is 5.78 Å². The number of nitrogens with zero attached hydrogens (tertiary/aromatic N) is 7. The van der Waals surface area contributed by atoms with Crippen LogP contribution in [0.5, 0.6) is 0 Å². The Morgan fingerprint density at radius 2 is 1.74 bits per heavy atom. The highest BCUT2D eigenvalue weighted by Crippen LogP contribution is 2.37. The number of aromatic nitrogens is 4. The number of rotatable bonds is 6. The zero-order valence-electron chi connectivity index (χ0n) is 28.6. The quantitative estimate of drug-likeness (QED) is 0.375. The van der Waals surface area contributed by atoms with Crippen LogP contribution < -0.4 is 20.7 Å². The Bertz CT molecular complexity index is 1810. The van der Waals surface area contributed by atoms with Gasteiger partial charge >= 0.3 is 12.3 Å². The van der Waals surface area contributed by atoms with Crippen LogP contribution in [0.15, 0.2) is 23.0 Å². The van der Waals surface area contributed by atoms with E-state index in [4.69, 9.17) is 26.1 Å². The lowest BCUT2D eigenvalue weighted by molar-refractivity contribution is -0.137. The molecule has 3 saturated heterocycles. The minimum Gasteiger partial charge on any atom is -0.444 e. The molecule has 0 unspecified atom stereocenters. The minimum atomic E-state index is -4.59. The third-order valence-corrected chi connectivity index (χ3v) is 9.72. The zero-order chi connectivity index (χ0) is 36.0. The van der Waals surface area contributed by atoms with Crippen molar-refractivity contribution in [2.24, 2.45) is 0 Å². The van der Waals surface area contributed by atoms with Crippen molar-refractivity contribution in [1.29, 1.82) is 0 Å². The van der Waals surface area contributed by atoms with Crippen molar-refractivity contribution >= 4 is 46.7 Å². The number of hydrogen-bond acceptors (Lipinski definition) is 9.